The van der Waals surface area contributed by atoms with Gasteiger partial charge in [-0.15, -0.1) is 10.2 Å². The lowest BCUT2D eigenvalue weighted by molar-refractivity contribution is 0.414. The zero-order valence-corrected chi connectivity index (χ0v) is 29.9. The molecule has 0 bridgehead atoms. The quantitative estimate of drug-likeness (QED) is 0.156. The van der Waals surface area contributed by atoms with Crippen molar-refractivity contribution in [2.24, 2.45) is 12.8 Å². The Bertz CT molecular complexity index is 2430. The Morgan fingerprint density at radius 2 is 1.51 bits per heavy atom. The van der Waals surface area contributed by atoms with E-state index in [9.17, 15) is 16.8 Å². The van der Waals surface area contributed by atoms with Crippen LogP contribution in [0.1, 0.15) is 18.1 Å². The number of nitrogens with zero attached hydrogens (tertiary/aromatic N) is 6. The van der Waals surface area contributed by atoms with Crippen LogP contribution in [-0.4, -0.2) is 72.6 Å². The maximum Gasteiger partial charge on any atom is 0.242 e. The molecule has 0 aliphatic carbocycles. The minimum Gasteiger partial charge on any atom is -0.497 e. The Morgan fingerprint density at radius 3 is 2.14 bits per heavy atom. The van der Waals surface area contributed by atoms with Crippen LogP contribution in [0.5, 0.6) is 11.5 Å². The highest BCUT2D eigenvalue weighted by Gasteiger charge is 2.35. The number of nitrogens with two attached hydrogens (primary N) is 2. The fourth-order valence-corrected chi connectivity index (χ4v) is 9.25. The number of para-hydroxylation sites is 1. The minimum atomic E-state index is -4.63. The van der Waals surface area contributed by atoms with Gasteiger partial charge in [0.1, 0.15) is 16.4 Å². The van der Waals surface area contributed by atoms with E-state index in [0.717, 1.165) is 5.56 Å². The zero-order valence-electron chi connectivity index (χ0n) is 28.3. The molecule has 4 aromatic carbocycles. The molecule has 1 atom stereocenters. The second-order valence-electron chi connectivity index (χ2n) is 11.9. The first-order valence-electron chi connectivity index (χ1n) is 15.7. The van der Waals surface area contributed by atoms with Crippen LogP contribution in [0.2, 0.25) is 0 Å². The normalized spacial score (nSPS) is 12.6. The molecular formula is C34H37N9O6S2. The van der Waals surface area contributed by atoms with Crippen LogP contribution in [0, 0.1) is 0 Å². The lowest BCUT2D eigenvalue weighted by Gasteiger charge is -2.19. The zero-order chi connectivity index (χ0) is 36.5. The van der Waals surface area contributed by atoms with E-state index in [1.54, 1.807) is 67.3 Å². The first kappa shape index (κ1) is 35.5. The summed E-state index contributed by atoms with van der Waals surface area (Å²) in [6, 6.07) is 21.4. The monoisotopic (exact) mass is 731 g/mol. The topological polar surface area (TPSA) is 212 Å². The number of hydrogen-bond donors (Lipinski definition) is 3. The highest BCUT2D eigenvalue weighted by Crippen LogP contribution is 2.42. The summed E-state index contributed by atoms with van der Waals surface area (Å²) in [7, 11) is -4.07. The molecule has 2 aromatic heterocycles. The molecule has 0 saturated carbocycles. The van der Waals surface area contributed by atoms with E-state index >= 15 is 0 Å². The van der Waals surface area contributed by atoms with Gasteiger partial charge in [-0.05, 0) is 65.2 Å². The first-order valence-corrected chi connectivity index (χ1v) is 18.8. The third kappa shape index (κ3) is 7.27. The van der Waals surface area contributed by atoms with Gasteiger partial charge in [-0.2, -0.15) is 4.80 Å². The van der Waals surface area contributed by atoms with Gasteiger partial charge in [-0.1, -0.05) is 42.5 Å². The lowest BCUT2D eigenvalue weighted by atomic mass is 9.98. The Labute approximate surface area is 295 Å². The van der Waals surface area contributed by atoms with Gasteiger partial charge in [0.15, 0.2) is 9.84 Å². The molecule has 5 N–H and O–H groups in total. The predicted octanol–water partition coefficient (Wildman–Crippen LogP) is 3.14. The van der Waals surface area contributed by atoms with E-state index in [1.165, 1.54) is 31.0 Å². The van der Waals surface area contributed by atoms with Gasteiger partial charge >= 0.3 is 0 Å². The molecule has 0 spiro atoms. The standard InChI is InChI=1S/C34H37N9O6S2/c1-21(35)20-50(44,45)29-17-16-26(27-6-5-7-28-31(27)38-34(36)42(28)2)30(32(29)51(46,47)37-18-22-8-12-24(48-3)13-9-22)33-39-41-43(40-33)19-23-10-14-25(49-4)15-11-23/h5-17,21,37H,18-20,35H2,1-4H3,(H2,36,38)/t21-/m0/s1. The Balaban J connectivity index is 1.59. The highest BCUT2D eigenvalue weighted by atomic mass is 32.2. The van der Waals surface area contributed by atoms with Gasteiger partial charge in [0.05, 0.1) is 48.0 Å². The molecule has 17 heteroatoms. The largest absolute Gasteiger partial charge is 0.497 e. The van der Waals surface area contributed by atoms with Gasteiger partial charge in [0.2, 0.25) is 21.8 Å². The molecule has 0 aliphatic rings. The maximum absolute atomic E-state index is 14.6. The number of tetrazole rings is 1. The van der Waals surface area contributed by atoms with Crippen molar-refractivity contribution in [1.82, 2.24) is 34.5 Å². The molecule has 51 heavy (non-hydrogen) atoms. The number of imidazole rings is 1. The fourth-order valence-electron chi connectivity index (χ4n) is 5.71. The molecule has 0 unspecified atom stereocenters. The predicted molar refractivity (Wildman–Crippen MR) is 192 cm³/mol. The molecule has 6 rings (SSSR count). The SMILES string of the molecule is COc1ccc(CNS(=O)(=O)c2c(S(=O)(=O)C[C@H](C)N)ccc(-c3cccc4c3nc(N)n4C)c2-c2nnn(Cc3ccc(OC)cc3)n2)cc1. The van der Waals surface area contributed by atoms with Crippen molar-refractivity contribution in [2.45, 2.75) is 35.8 Å². The molecule has 0 radical (unpaired) electrons. The summed E-state index contributed by atoms with van der Waals surface area (Å²) in [5, 5.41) is 13.1. The van der Waals surface area contributed by atoms with Gasteiger partial charge in [-0.25, -0.2) is 26.5 Å². The number of ether oxygens (including phenoxy) is 2. The molecule has 2 heterocycles. The fraction of sp³-hybridized carbons (Fsp3) is 0.235. The summed E-state index contributed by atoms with van der Waals surface area (Å²) in [4.78, 5) is 4.85. The van der Waals surface area contributed by atoms with Crippen molar-refractivity contribution in [3.8, 4) is 34.0 Å². The van der Waals surface area contributed by atoms with Crippen LogP contribution in [0.3, 0.4) is 0 Å². The number of hydrogen-bond acceptors (Lipinski definition) is 12. The second-order valence-corrected chi connectivity index (χ2v) is 15.6. The molecule has 0 amide bonds. The number of benzene rings is 4. The number of aryl methyl sites for hydroxylation is 1. The van der Waals surface area contributed by atoms with Crippen molar-refractivity contribution < 1.29 is 26.3 Å². The minimum absolute atomic E-state index is 0.0827. The van der Waals surface area contributed by atoms with Gasteiger partial charge in [0.25, 0.3) is 0 Å². The van der Waals surface area contributed by atoms with Crippen LogP contribution in [-0.2, 0) is 40.0 Å². The van der Waals surface area contributed by atoms with Gasteiger partial charge < -0.3 is 25.5 Å². The molecule has 6 aromatic rings. The second kappa shape index (κ2) is 14.1. The number of aromatic nitrogens is 6. The van der Waals surface area contributed by atoms with Gasteiger partial charge in [0, 0.05) is 25.2 Å². The molecule has 0 saturated heterocycles. The van der Waals surface area contributed by atoms with E-state index in [0.29, 0.717) is 39.2 Å². The van der Waals surface area contributed by atoms with Crippen molar-refractivity contribution in [2.75, 3.05) is 25.7 Å². The summed E-state index contributed by atoms with van der Waals surface area (Å²) >= 11 is 0. The van der Waals surface area contributed by atoms with E-state index in [2.05, 4.69) is 25.1 Å². The van der Waals surface area contributed by atoms with E-state index in [4.69, 9.17) is 20.9 Å². The number of sulfonamides is 1. The molecule has 15 nitrogen and oxygen atoms in total. The Morgan fingerprint density at radius 1 is 0.863 bits per heavy atom. The van der Waals surface area contributed by atoms with Crippen molar-refractivity contribution >= 4 is 36.8 Å². The Kier molecular flexibility index (Phi) is 9.81. The van der Waals surface area contributed by atoms with E-state index in [-0.39, 0.29) is 30.4 Å². The summed E-state index contributed by atoms with van der Waals surface area (Å²) in [5.41, 5.74) is 15.4. The number of sulfone groups is 1. The number of methoxy groups -OCH3 is 2. The van der Waals surface area contributed by atoms with Gasteiger partial charge in [-0.3, -0.25) is 0 Å². The van der Waals surface area contributed by atoms with Crippen LogP contribution in [0.15, 0.2) is 88.7 Å². The first-order chi connectivity index (χ1) is 24.3. The van der Waals surface area contributed by atoms with Crippen LogP contribution in [0.25, 0.3) is 33.5 Å². The lowest BCUT2D eigenvalue weighted by Crippen LogP contribution is -2.30. The molecular weight excluding hydrogens is 695 g/mol. The van der Waals surface area contributed by atoms with Crippen LogP contribution < -0.4 is 25.7 Å². The number of nitrogens with one attached hydrogen (secondary N) is 1. The third-order valence-corrected chi connectivity index (χ3v) is 11.8. The van der Waals surface area contributed by atoms with E-state index < -0.39 is 41.4 Å². The average Bonchev–Trinajstić information content (AvgIpc) is 3.69. The number of rotatable bonds is 13. The van der Waals surface area contributed by atoms with Crippen molar-refractivity contribution in [1.29, 1.82) is 0 Å². The van der Waals surface area contributed by atoms with Crippen molar-refractivity contribution in [3.05, 3.63) is 90.0 Å². The smallest absolute Gasteiger partial charge is 0.242 e. The molecule has 0 aliphatic heterocycles. The Hall–Kier alpha value is -5.36. The maximum atomic E-state index is 14.6. The molecule has 0 fully saturated rings. The number of nitrogen functional groups attached to an aromatic ring is 1. The number of anilines is 1. The summed E-state index contributed by atoms with van der Waals surface area (Å²) in [6.07, 6.45) is 0. The summed E-state index contributed by atoms with van der Waals surface area (Å²) in [6.45, 7) is 1.55. The number of fused-ring (bicyclic) bond motifs is 1. The average molecular weight is 732 g/mol. The summed E-state index contributed by atoms with van der Waals surface area (Å²) in [5.74, 6) is 0.849. The van der Waals surface area contributed by atoms with Crippen LogP contribution in [0.4, 0.5) is 5.95 Å². The highest BCUT2D eigenvalue weighted by molar-refractivity contribution is 7.93. The van der Waals surface area contributed by atoms with E-state index in [1.807, 2.05) is 18.2 Å². The van der Waals surface area contributed by atoms with Crippen LogP contribution >= 0.6 is 0 Å². The molecule has 266 valence electrons. The summed E-state index contributed by atoms with van der Waals surface area (Å²) < 4.78 is 71.8. The third-order valence-electron chi connectivity index (χ3n) is 8.23. The van der Waals surface area contributed by atoms with Crippen molar-refractivity contribution in [3.63, 3.8) is 0 Å².